The zero-order valence-corrected chi connectivity index (χ0v) is 16.3. The molecule has 2 heterocycles. The Bertz CT molecular complexity index is 758. The van der Waals surface area contributed by atoms with E-state index in [0.717, 1.165) is 42.5 Å². The van der Waals surface area contributed by atoms with Crippen LogP contribution in [0.5, 0.6) is 5.75 Å². The van der Waals surface area contributed by atoms with Gasteiger partial charge in [0.1, 0.15) is 11.9 Å². The van der Waals surface area contributed by atoms with E-state index < -0.39 is 17.4 Å². The number of nitrogens with one attached hydrogen (secondary N) is 1. The fourth-order valence-corrected chi connectivity index (χ4v) is 4.50. The Morgan fingerprint density at radius 2 is 2.07 bits per heavy atom. The Kier molecular flexibility index (Phi) is 7.20. The predicted molar refractivity (Wildman–Crippen MR) is 103 cm³/mol. The molecule has 0 amide bonds. The van der Waals surface area contributed by atoms with E-state index in [0.29, 0.717) is 18.1 Å². The first kappa shape index (κ1) is 20.2. The Morgan fingerprint density at radius 3 is 2.81 bits per heavy atom. The molecule has 1 aliphatic heterocycles. The standard InChI is InChI=1S/C19H26F2N2O3S/c1-23(8-9-25-19(20)21)7-4-14-13-22-18-3-2-16(12-17(14)18)26-15-5-10-27(24)11-6-15/h2-3,12-13,15,19,22H,4-11H2,1H3. The van der Waals surface area contributed by atoms with Gasteiger partial charge in [0.05, 0.1) is 6.61 Å². The van der Waals surface area contributed by atoms with Gasteiger partial charge >= 0.3 is 6.61 Å². The maximum atomic E-state index is 12.0. The SMILES string of the molecule is CN(CCOC(F)F)CCc1c[nH]c2ccc(OC3CCS(=O)CC3)cc12. The first-order valence-corrected chi connectivity index (χ1v) is 10.7. The van der Waals surface area contributed by atoms with E-state index in [1.807, 2.05) is 36.3 Å². The van der Waals surface area contributed by atoms with Crippen molar-refractivity contribution in [2.24, 2.45) is 0 Å². The van der Waals surface area contributed by atoms with Crippen LogP contribution in [0.2, 0.25) is 0 Å². The third-order valence-corrected chi connectivity index (χ3v) is 6.24. The van der Waals surface area contributed by atoms with Crippen molar-refractivity contribution in [2.75, 3.05) is 38.2 Å². The quantitative estimate of drug-likeness (QED) is 0.703. The van der Waals surface area contributed by atoms with E-state index in [2.05, 4.69) is 9.72 Å². The summed E-state index contributed by atoms with van der Waals surface area (Å²) in [5.41, 5.74) is 2.22. The van der Waals surface area contributed by atoms with Gasteiger partial charge in [0.2, 0.25) is 0 Å². The highest BCUT2D eigenvalue weighted by Crippen LogP contribution is 2.26. The number of fused-ring (bicyclic) bond motifs is 1. The van der Waals surface area contributed by atoms with Crippen LogP contribution in [0.15, 0.2) is 24.4 Å². The molecule has 0 radical (unpaired) electrons. The Morgan fingerprint density at radius 1 is 1.30 bits per heavy atom. The zero-order chi connectivity index (χ0) is 19.2. The number of rotatable bonds is 9. The van der Waals surface area contributed by atoms with Crippen molar-refractivity contribution in [1.82, 2.24) is 9.88 Å². The Hall–Kier alpha value is -1.51. The smallest absolute Gasteiger partial charge is 0.345 e. The molecule has 1 N–H and O–H groups in total. The van der Waals surface area contributed by atoms with Gasteiger partial charge in [-0.3, -0.25) is 4.21 Å². The lowest BCUT2D eigenvalue weighted by Gasteiger charge is -2.22. The minimum absolute atomic E-state index is 0.0201. The van der Waals surface area contributed by atoms with Crippen molar-refractivity contribution in [3.05, 3.63) is 30.0 Å². The second-order valence-corrected chi connectivity index (χ2v) is 8.57. The normalized spacial score (nSPS) is 20.6. The summed E-state index contributed by atoms with van der Waals surface area (Å²) in [5, 5.41) is 1.11. The van der Waals surface area contributed by atoms with Crippen molar-refractivity contribution in [3.8, 4) is 5.75 Å². The molecular formula is C19H26F2N2O3S. The number of H-pyrrole nitrogens is 1. The number of hydrogen-bond donors (Lipinski definition) is 1. The van der Waals surface area contributed by atoms with Crippen molar-refractivity contribution >= 4 is 21.7 Å². The van der Waals surface area contributed by atoms with E-state index in [1.54, 1.807) is 0 Å². The zero-order valence-electron chi connectivity index (χ0n) is 15.5. The molecule has 0 spiro atoms. The molecule has 0 unspecified atom stereocenters. The number of aromatic amines is 1. The maximum Gasteiger partial charge on any atom is 0.345 e. The first-order valence-electron chi connectivity index (χ1n) is 9.21. The molecule has 0 saturated carbocycles. The number of aromatic nitrogens is 1. The summed E-state index contributed by atoms with van der Waals surface area (Å²) in [6.07, 6.45) is 4.58. The van der Waals surface area contributed by atoms with Crippen LogP contribution in [-0.4, -0.2) is 65.1 Å². The Labute approximate surface area is 160 Å². The lowest BCUT2D eigenvalue weighted by molar-refractivity contribution is -0.131. The number of halogens is 2. The van der Waals surface area contributed by atoms with E-state index in [4.69, 9.17) is 4.74 Å². The second kappa shape index (κ2) is 9.61. The van der Waals surface area contributed by atoms with Crippen molar-refractivity contribution in [2.45, 2.75) is 32.0 Å². The lowest BCUT2D eigenvalue weighted by atomic mass is 10.1. The first-order chi connectivity index (χ1) is 13.0. The average Bonchev–Trinajstić information content (AvgIpc) is 3.04. The predicted octanol–water partition coefficient (Wildman–Crippen LogP) is 3.17. The molecule has 8 heteroatoms. The molecule has 0 bridgehead atoms. The van der Waals surface area contributed by atoms with Gasteiger partial charge in [-0.2, -0.15) is 8.78 Å². The second-order valence-electron chi connectivity index (χ2n) is 6.87. The van der Waals surface area contributed by atoms with E-state index in [-0.39, 0.29) is 12.7 Å². The van der Waals surface area contributed by atoms with Crippen LogP contribution < -0.4 is 4.74 Å². The van der Waals surface area contributed by atoms with Gasteiger partial charge in [-0.1, -0.05) is 0 Å². The number of likely N-dealkylation sites (N-methyl/N-ethyl adjacent to an activating group) is 1. The van der Waals surface area contributed by atoms with Gasteiger partial charge in [-0.15, -0.1) is 0 Å². The topological polar surface area (TPSA) is 54.6 Å². The van der Waals surface area contributed by atoms with Crippen LogP contribution in [0.4, 0.5) is 8.78 Å². The number of nitrogens with zero attached hydrogens (tertiary/aromatic N) is 1. The molecule has 2 aromatic rings. The minimum atomic E-state index is -2.71. The van der Waals surface area contributed by atoms with Crippen molar-refractivity contribution < 1.29 is 22.5 Å². The summed E-state index contributed by atoms with van der Waals surface area (Å²) in [7, 11) is 1.20. The van der Waals surface area contributed by atoms with Crippen molar-refractivity contribution in [1.29, 1.82) is 0 Å². The number of alkyl halides is 2. The van der Waals surface area contributed by atoms with Gasteiger partial charge < -0.3 is 19.4 Å². The van der Waals surface area contributed by atoms with Crippen molar-refractivity contribution in [3.63, 3.8) is 0 Å². The number of ether oxygens (including phenoxy) is 2. The molecule has 27 heavy (non-hydrogen) atoms. The molecule has 1 aromatic carbocycles. The monoisotopic (exact) mass is 400 g/mol. The van der Waals surface area contributed by atoms with Gasteiger partial charge in [-0.25, -0.2) is 0 Å². The largest absolute Gasteiger partial charge is 0.490 e. The fraction of sp³-hybridized carbons (Fsp3) is 0.579. The van der Waals surface area contributed by atoms with Gasteiger partial charge in [-0.05, 0) is 50.1 Å². The third-order valence-electron chi connectivity index (χ3n) is 4.86. The fourth-order valence-electron chi connectivity index (χ4n) is 3.24. The van der Waals surface area contributed by atoms with Gasteiger partial charge in [0, 0.05) is 52.5 Å². The minimum Gasteiger partial charge on any atom is -0.490 e. The van der Waals surface area contributed by atoms with Gasteiger partial charge in [0.25, 0.3) is 0 Å². The van der Waals surface area contributed by atoms with Crippen LogP contribution in [-0.2, 0) is 22.0 Å². The van der Waals surface area contributed by atoms with E-state index in [1.165, 1.54) is 5.56 Å². The number of benzene rings is 1. The molecule has 1 aliphatic rings. The average molecular weight is 400 g/mol. The summed E-state index contributed by atoms with van der Waals surface area (Å²) in [4.78, 5) is 5.24. The molecule has 150 valence electrons. The molecule has 5 nitrogen and oxygen atoms in total. The van der Waals surface area contributed by atoms with Crippen LogP contribution in [0.3, 0.4) is 0 Å². The third kappa shape index (κ3) is 5.99. The molecule has 0 atom stereocenters. The molecule has 0 aliphatic carbocycles. The molecule has 3 rings (SSSR count). The van der Waals surface area contributed by atoms with E-state index >= 15 is 0 Å². The molecule has 1 fully saturated rings. The van der Waals surface area contributed by atoms with Crippen LogP contribution in [0, 0.1) is 0 Å². The summed E-state index contributed by atoms with van der Waals surface area (Å²) in [6, 6.07) is 6.02. The molecule has 1 aromatic heterocycles. The Balaban J connectivity index is 1.57. The summed E-state index contributed by atoms with van der Waals surface area (Å²) < 4.78 is 45.9. The number of hydrogen-bond acceptors (Lipinski definition) is 4. The summed E-state index contributed by atoms with van der Waals surface area (Å²) >= 11 is 0. The highest BCUT2D eigenvalue weighted by Gasteiger charge is 2.19. The maximum absolute atomic E-state index is 12.0. The van der Waals surface area contributed by atoms with Crippen LogP contribution in [0.1, 0.15) is 18.4 Å². The van der Waals surface area contributed by atoms with E-state index in [9.17, 15) is 13.0 Å². The lowest BCUT2D eigenvalue weighted by Crippen LogP contribution is -2.27. The molecule has 1 saturated heterocycles. The summed E-state index contributed by atoms with van der Waals surface area (Å²) in [5.74, 6) is 2.26. The van der Waals surface area contributed by atoms with Gasteiger partial charge in [0.15, 0.2) is 0 Å². The van der Waals surface area contributed by atoms with Crippen LogP contribution in [0.25, 0.3) is 10.9 Å². The summed E-state index contributed by atoms with van der Waals surface area (Å²) in [6.45, 7) is -1.48. The molecular weight excluding hydrogens is 374 g/mol. The highest BCUT2D eigenvalue weighted by molar-refractivity contribution is 7.85. The highest BCUT2D eigenvalue weighted by atomic mass is 32.2. The van der Waals surface area contributed by atoms with Crippen LogP contribution >= 0.6 is 0 Å².